The summed E-state index contributed by atoms with van der Waals surface area (Å²) in [7, 11) is 0. The first kappa shape index (κ1) is 31.3. The molecule has 9 nitrogen and oxygen atoms in total. The fourth-order valence-electron chi connectivity index (χ4n) is 6.16. The summed E-state index contributed by atoms with van der Waals surface area (Å²) in [6.45, 7) is -3.32. The number of anilines is 1. The van der Waals surface area contributed by atoms with Gasteiger partial charge in [0, 0.05) is 30.4 Å². The van der Waals surface area contributed by atoms with Crippen molar-refractivity contribution in [3.05, 3.63) is 75.3 Å². The first-order valence-electron chi connectivity index (χ1n) is 16.1. The van der Waals surface area contributed by atoms with Gasteiger partial charge in [-0.15, -0.1) is 0 Å². The number of amides is 2. The Kier molecular flexibility index (Phi) is 8.27. The minimum Gasteiger partial charge on any atom is -0.435 e. The van der Waals surface area contributed by atoms with Crippen LogP contribution in [0.3, 0.4) is 0 Å². The van der Waals surface area contributed by atoms with Crippen molar-refractivity contribution in [3.8, 4) is 16.9 Å². The molecule has 2 N–H and O–H groups in total. The first-order valence-corrected chi connectivity index (χ1v) is 16.1. The molecule has 4 aliphatic rings. The molecule has 2 aromatic heterocycles. The van der Waals surface area contributed by atoms with E-state index in [1.54, 1.807) is 16.7 Å². The van der Waals surface area contributed by atoms with Crippen LogP contribution >= 0.6 is 0 Å². The lowest BCUT2D eigenvalue weighted by molar-refractivity contribution is -0.113. The topological polar surface area (TPSA) is 106 Å². The van der Waals surface area contributed by atoms with Crippen molar-refractivity contribution in [1.29, 1.82) is 0 Å². The number of nitrogens with zero attached hydrogens (tertiary/aromatic N) is 3. The van der Waals surface area contributed by atoms with Crippen LogP contribution in [0.4, 0.5) is 23.4 Å². The highest BCUT2D eigenvalue weighted by atomic mass is 19.3. The minimum absolute atomic E-state index is 0.0110. The summed E-state index contributed by atoms with van der Waals surface area (Å²) >= 11 is 0. The second-order valence-corrected chi connectivity index (χ2v) is 13.1. The standard InChI is InChI=1S/C34H35F4N5O4/c35-33(36)47-24-8-9-25(26(13-24)31(45)42-17-34(37,38)18-42)22-11-28(21-4-5-21)40-29(12-22)41-30(44)27-10-20(15-39-14-19-2-1-3-19)16-43(32(27)46)23-6-7-23/h8-13,16,19,21,23,33,39H,1-7,14-15,17-18H2,(H,40,41,44). The van der Waals surface area contributed by atoms with Gasteiger partial charge in [0.25, 0.3) is 23.3 Å². The molecule has 0 unspecified atom stereocenters. The highest BCUT2D eigenvalue weighted by molar-refractivity contribution is 6.05. The summed E-state index contributed by atoms with van der Waals surface area (Å²) < 4.78 is 59.5. The Labute approximate surface area is 268 Å². The molecule has 0 atom stereocenters. The molecule has 1 aliphatic heterocycles. The Bertz CT molecular complexity index is 1760. The van der Waals surface area contributed by atoms with E-state index in [-0.39, 0.29) is 45.8 Å². The Morgan fingerprint density at radius 1 is 1.00 bits per heavy atom. The van der Waals surface area contributed by atoms with Crippen molar-refractivity contribution in [3.63, 3.8) is 0 Å². The number of likely N-dealkylation sites (tertiary alicyclic amines) is 1. The molecule has 0 spiro atoms. The summed E-state index contributed by atoms with van der Waals surface area (Å²) in [6, 6.07) is 8.72. The number of hydrogen-bond donors (Lipinski definition) is 2. The zero-order valence-electron chi connectivity index (χ0n) is 25.6. The third kappa shape index (κ3) is 7.04. The highest BCUT2D eigenvalue weighted by Crippen LogP contribution is 2.42. The Morgan fingerprint density at radius 2 is 1.77 bits per heavy atom. The monoisotopic (exact) mass is 653 g/mol. The van der Waals surface area contributed by atoms with E-state index in [4.69, 9.17) is 0 Å². The van der Waals surface area contributed by atoms with Crippen molar-refractivity contribution in [2.24, 2.45) is 5.92 Å². The van der Waals surface area contributed by atoms with Crippen LogP contribution in [0.15, 0.2) is 47.4 Å². The van der Waals surface area contributed by atoms with Crippen molar-refractivity contribution in [1.82, 2.24) is 19.8 Å². The molecule has 3 saturated carbocycles. The lowest BCUT2D eigenvalue weighted by Crippen LogP contribution is -2.58. The number of pyridine rings is 2. The maximum absolute atomic E-state index is 13.7. The van der Waals surface area contributed by atoms with Gasteiger partial charge in [0.1, 0.15) is 17.1 Å². The van der Waals surface area contributed by atoms with Crippen molar-refractivity contribution in [2.45, 2.75) is 76.0 Å². The van der Waals surface area contributed by atoms with Crippen LogP contribution in [0.5, 0.6) is 5.75 Å². The summed E-state index contributed by atoms with van der Waals surface area (Å²) in [4.78, 5) is 46.0. The van der Waals surface area contributed by atoms with Crippen molar-refractivity contribution < 1.29 is 31.9 Å². The molecule has 248 valence electrons. The van der Waals surface area contributed by atoms with Gasteiger partial charge in [0.15, 0.2) is 0 Å². The number of nitrogens with one attached hydrogen (secondary N) is 2. The number of benzene rings is 1. The summed E-state index contributed by atoms with van der Waals surface area (Å²) in [6.07, 6.45) is 8.93. The van der Waals surface area contributed by atoms with Crippen LogP contribution in [-0.2, 0) is 6.54 Å². The second kappa shape index (κ2) is 12.4. The highest BCUT2D eigenvalue weighted by Gasteiger charge is 2.47. The van der Waals surface area contributed by atoms with Crippen LogP contribution in [0.1, 0.15) is 88.9 Å². The summed E-state index contributed by atoms with van der Waals surface area (Å²) in [5, 5.41) is 6.22. The van der Waals surface area contributed by atoms with Gasteiger partial charge >= 0.3 is 6.61 Å². The van der Waals surface area contributed by atoms with Crippen LogP contribution in [0, 0.1) is 5.92 Å². The minimum atomic E-state index is -3.15. The molecule has 7 rings (SSSR count). The van der Waals surface area contributed by atoms with E-state index in [2.05, 4.69) is 20.4 Å². The van der Waals surface area contributed by atoms with Gasteiger partial charge in [-0.3, -0.25) is 14.4 Å². The maximum Gasteiger partial charge on any atom is 0.387 e. The normalized spacial score (nSPS) is 18.9. The number of rotatable bonds is 12. The van der Waals surface area contributed by atoms with Gasteiger partial charge in [-0.05, 0) is 104 Å². The van der Waals surface area contributed by atoms with E-state index < -0.39 is 37.4 Å². The maximum atomic E-state index is 13.7. The van der Waals surface area contributed by atoms with Crippen molar-refractivity contribution >= 4 is 17.6 Å². The van der Waals surface area contributed by atoms with Gasteiger partial charge in [-0.2, -0.15) is 8.78 Å². The molecule has 1 aromatic carbocycles. The first-order chi connectivity index (χ1) is 22.5. The lowest BCUT2D eigenvalue weighted by Gasteiger charge is -2.39. The van der Waals surface area contributed by atoms with Crippen LogP contribution < -0.4 is 20.9 Å². The molecule has 3 heterocycles. The molecule has 0 bridgehead atoms. The van der Waals surface area contributed by atoms with Gasteiger partial charge < -0.3 is 24.8 Å². The third-order valence-corrected chi connectivity index (χ3v) is 9.24. The second-order valence-electron chi connectivity index (χ2n) is 13.1. The summed E-state index contributed by atoms with van der Waals surface area (Å²) in [5.74, 6) is -3.80. The van der Waals surface area contributed by atoms with E-state index in [1.165, 1.54) is 37.5 Å². The number of alkyl halides is 4. The molecular weight excluding hydrogens is 618 g/mol. The molecule has 3 aliphatic carbocycles. The smallest absolute Gasteiger partial charge is 0.387 e. The quantitative estimate of drug-likeness (QED) is 0.234. The zero-order valence-corrected chi connectivity index (χ0v) is 25.6. The number of halogens is 4. The van der Waals surface area contributed by atoms with E-state index in [0.29, 0.717) is 23.7 Å². The van der Waals surface area contributed by atoms with Gasteiger partial charge in [0.05, 0.1) is 18.7 Å². The third-order valence-electron chi connectivity index (χ3n) is 9.24. The molecule has 3 aromatic rings. The Balaban J connectivity index is 1.20. The number of hydrogen-bond acceptors (Lipinski definition) is 6. The molecule has 47 heavy (non-hydrogen) atoms. The zero-order chi connectivity index (χ0) is 32.9. The fraction of sp³-hybridized carbons (Fsp3) is 0.471. The predicted octanol–water partition coefficient (Wildman–Crippen LogP) is 5.96. The molecule has 1 saturated heterocycles. The number of aromatic nitrogens is 2. The Morgan fingerprint density at radius 3 is 2.40 bits per heavy atom. The van der Waals surface area contributed by atoms with Gasteiger partial charge in [0.2, 0.25) is 0 Å². The van der Waals surface area contributed by atoms with E-state index in [1.807, 2.05) is 6.20 Å². The molecular formula is C34H35F4N5O4. The van der Waals surface area contributed by atoms with Crippen LogP contribution in [0.2, 0.25) is 0 Å². The molecule has 2 amide bonds. The lowest BCUT2D eigenvalue weighted by atomic mass is 9.85. The SMILES string of the molecule is O=C(Nc1cc(-c2ccc(OC(F)F)cc2C(=O)N2CC(F)(F)C2)cc(C2CC2)n1)c1cc(CNCC2CCC2)cn(C2CC2)c1=O. The van der Waals surface area contributed by atoms with E-state index in [0.717, 1.165) is 48.8 Å². The van der Waals surface area contributed by atoms with Crippen LogP contribution in [-0.4, -0.2) is 58.4 Å². The largest absolute Gasteiger partial charge is 0.435 e. The molecule has 13 heteroatoms. The Hall–Kier alpha value is -4.26. The summed E-state index contributed by atoms with van der Waals surface area (Å²) in [5.41, 5.74) is 1.68. The average Bonchev–Trinajstić information content (AvgIpc) is 3.90. The van der Waals surface area contributed by atoms with E-state index in [9.17, 15) is 31.9 Å². The predicted molar refractivity (Wildman–Crippen MR) is 165 cm³/mol. The fourth-order valence-corrected chi connectivity index (χ4v) is 6.16. The number of carbonyl (C=O) groups excluding carboxylic acids is 2. The van der Waals surface area contributed by atoms with Crippen LogP contribution in [0.25, 0.3) is 11.1 Å². The van der Waals surface area contributed by atoms with Gasteiger partial charge in [-0.25, -0.2) is 13.8 Å². The van der Waals surface area contributed by atoms with Gasteiger partial charge in [-0.1, -0.05) is 6.42 Å². The molecule has 0 radical (unpaired) electrons. The molecule has 4 fully saturated rings. The average molecular weight is 654 g/mol. The van der Waals surface area contributed by atoms with Crippen molar-refractivity contribution in [2.75, 3.05) is 25.0 Å². The number of ether oxygens (including phenoxy) is 1. The van der Waals surface area contributed by atoms with E-state index >= 15 is 0 Å². The number of carbonyl (C=O) groups is 2.